The molecule has 1 saturated heterocycles. The molecule has 4 heterocycles. The molecular formula is C28H29ClN4O3. The number of carbonyl (C=O) groups excluding carboxylic acids is 1. The Bertz CT molecular complexity index is 1540. The number of halogens is 1. The van der Waals surface area contributed by atoms with Crippen molar-refractivity contribution in [3.8, 4) is 17.2 Å². The first kappa shape index (κ1) is 22.2. The van der Waals surface area contributed by atoms with E-state index >= 15 is 0 Å². The minimum atomic E-state index is -0.00450. The van der Waals surface area contributed by atoms with Crippen molar-refractivity contribution in [2.45, 2.75) is 51.2 Å². The zero-order valence-corrected chi connectivity index (χ0v) is 21.2. The van der Waals surface area contributed by atoms with Gasteiger partial charge in [-0.2, -0.15) is 0 Å². The number of furan rings is 1. The number of hydrogen-bond donors (Lipinski definition) is 1. The van der Waals surface area contributed by atoms with Gasteiger partial charge in [-0.05, 0) is 74.8 Å². The molecule has 1 aliphatic heterocycles. The SMILES string of the molecule is COc1cc(C(=O)N2CC3CCC2[C@@H]3N)cc2oc(-c3cc4ccc(Cl)nc4n3CC3CC3)c(C)c12. The lowest BCUT2D eigenvalue weighted by molar-refractivity contribution is 0.0700. The van der Waals surface area contributed by atoms with E-state index in [0.717, 1.165) is 59.4 Å². The Morgan fingerprint density at radius 1 is 1.22 bits per heavy atom. The summed E-state index contributed by atoms with van der Waals surface area (Å²) in [5.41, 5.74) is 10.4. The predicted octanol–water partition coefficient (Wildman–Crippen LogP) is 5.39. The molecule has 36 heavy (non-hydrogen) atoms. The molecule has 2 saturated carbocycles. The molecule has 0 spiro atoms. The molecule has 0 radical (unpaired) electrons. The van der Waals surface area contributed by atoms with E-state index in [2.05, 4.69) is 15.6 Å². The number of benzene rings is 1. The zero-order valence-electron chi connectivity index (χ0n) is 20.5. The topological polar surface area (TPSA) is 86.5 Å². The molecule has 3 aliphatic rings. The number of pyridine rings is 1. The van der Waals surface area contributed by atoms with Crippen LogP contribution >= 0.6 is 11.6 Å². The first-order chi connectivity index (χ1) is 17.4. The van der Waals surface area contributed by atoms with Crippen molar-refractivity contribution in [2.75, 3.05) is 13.7 Å². The number of amides is 1. The quantitative estimate of drug-likeness (QED) is 0.368. The van der Waals surface area contributed by atoms with Gasteiger partial charge in [0.2, 0.25) is 0 Å². The molecule has 1 aromatic carbocycles. The Kier molecular flexibility index (Phi) is 4.92. The summed E-state index contributed by atoms with van der Waals surface area (Å²) in [5.74, 6) is 2.45. The van der Waals surface area contributed by atoms with Gasteiger partial charge in [-0.15, -0.1) is 0 Å². The van der Waals surface area contributed by atoms with Gasteiger partial charge in [0.25, 0.3) is 5.91 Å². The molecule has 2 aliphatic carbocycles. The van der Waals surface area contributed by atoms with Crippen LogP contribution in [0.5, 0.6) is 5.75 Å². The van der Waals surface area contributed by atoms with Crippen LogP contribution in [-0.4, -0.2) is 46.1 Å². The number of likely N-dealkylation sites (tertiary alicyclic amines) is 1. The van der Waals surface area contributed by atoms with Gasteiger partial charge in [0, 0.05) is 41.7 Å². The van der Waals surface area contributed by atoms with Gasteiger partial charge < -0.3 is 24.4 Å². The van der Waals surface area contributed by atoms with Crippen LogP contribution in [0.15, 0.2) is 34.7 Å². The molecule has 3 aromatic heterocycles. The molecule has 2 N–H and O–H groups in total. The standard InChI is InChI=1S/C28H29ClN4O3/c1-14-24-21(35-2)10-18(28(34)33-13-17-5-7-19(33)25(17)30)11-22(24)36-26(14)20-9-16-6-8-23(29)31-27(16)32(20)12-15-3-4-15/h6,8-11,15,17,19,25H,3-5,7,12-13,30H2,1-2H3/t17?,19?,25-/m1/s1. The number of rotatable bonds is 5. The van der Waals surface area contributed by atoms with Crippen molar-refractivity contribution in [1.82, 2.24) is 14.5 Å². The number of piperidine rings is 1. The molecule has 3 fully saturated rings. The Morgan fingerprint density at radius 2 is 2.06 bits per heavy atom. The Hall–Kier alpha value is -3.03. The third-order valence-corrected chi connectivity index (χ3v) is 8.67. The lowest BCUT2D eigenvalue weighted by Crippen LogP contribution is -2.41. The van der Waals surface area contributed by atoms with Crippen molar-refractivity contribution >= 4 is 39.5 Å². The maximum Gasteiger partial charge on any atom is 0.254 e. The number of fused-ring (bicyclic) bond motifs is 4. The summed E-state index contributed by atoms with van der Waals surface area (Å²) in [5, 5.41) is 2.39. The van der Waals surface area contributed by atoms with E-state index in [4.69, 9.17) is 26.5 Å². The fraction of sp³-hybridized carbons (Fsp3) is 0.429. The van der Waals surface area contributed by atoms with Crippen molar-refractivity contribution in [3.05, 3.63) is 46.6 Å². The number of methoxy groups -OCH3 is 1. The summed E-state index contributed by atoms with van der Waals surface area (Å²) in [4.78, 5) is 20.1. The highest BCUT2D eigenvalue weighted by Crippen LogP contribution is 2.43. The molecule has 7 nitrogen and oxygen atoms in total. The molecule has 4 aromatic rings. The smallest absolute Gasteiger partial charge is 0.254 e. The molecule has 1 amide bonds. The lowest BCUT2D eigenvalue weighted by Gasteiger charge is -2.27. The third-order valence-electron chi connectivity index (χ3n) is 8.46. The van der Waals surface area contributed by atoms with Crippen molar-refractivity contribution in [3.63, 3.8) is 0 Å². The number of hydrogen-bond acceptors (Lipinski definition) is 5. The Balaban J connectivity index is 1.35. The number of carbonyl (C=O) groups is 1. The third kappa shape index (κ3) is 3.29. The molecule has 2 bridgehead atoms. The van der Waals surface area contributed by atoms with E-state index in [1.165, 1.54) is 12.8 Å². The molecule has 8 heteroatoms. The average Bonchev–Trinajstić information content (AvgIpc) is 3.29. The van der Waals surface area contributed by atoms with Gasteiger partial charge in [0.05, 0.1) is 18.2 Å². The van der Waals surface area contributed by atoms with Gasteiger partial charge in [-0.25, -0.2) is 4.98 Å². The number of nitrogens with two attached hydrogens (primary N) is 1. The van der Waals surface area contributed by atoms with Gasteiger partial charge >= 0.3 is 0 Å². The number of aromatic nitrogens is 2. The molecule has 7 rings (SSSR count). The van der Waals surface area contributed by atoms with Crippen molar-refractivity contribution < 1.29 is 13.9 Å². The van der Waals surface area contributed by atoms with Crippen molar-refractivity contribution in [2.24, 2.45) is 17.6 Å². The second-order valence-electron chi connectivity index (χ2n) is 10.7. The zero-order chi connectivity index (χ0) is 24.7. The first-order valence-corrected chi connectivity index (χ1v) is 13.1. The average molecular weight is 505 g/mol. The number of nitrogens with zero attached hydrogens (tertiary/aromatic N) is 3. The van der Waals surface area contributed by atoms with Crippen molar-refractivity contribution in [1.29, 1.82) is 0 Å². The highest BCUT2D eigenvalue weighted by atomic mass is 35.5. The normalized spacial score (nSPS) is 23.3. The summed E-state index contributed by atoms with van der Waals surface area (Å²) in [7, 11) is 1.64. The lowest BCUT2D eigenvalue weighted by atomic mass is 10.0. The largest absolute Gasteiger partial charge is 0.496 e. The van der Waals surface area contributed by atoms with Crippen LogP contribution in [-0.2, 0) is 6.54 Å². The minimum Gasteiger partial charge on any atom is -0.496 e. The highest BCUT2D eigenvalue weighted by Gasteiger charge is 2.47. The monoisotopic (exact) mass is 504 g/mol. The van der Waals surface area contributed by atoms with Crippen LogP contribution in [0, 0.1) is 18.8 Å². The van der Waals surface area contributed by atoms with Crippen LogP contribution in [0.3, 0.4) is 0 Å². The maximum absolute atomic E-state index is 13.5. The van der Waals surface area contributed by atoms with Gasteiger partial charge in [0.15, 0.2) is 5.76 Å². The number of aryl methyl sites for hydroxylation is 1. The van der Waals surface area contributed by atoms with E-state index in [9.17, 15) is 4.79 Å². The second kappa shape index (κ2) is 7.98. The fourth-order valence-corrected chi connectivity index (χ4v) is 6.50. The number of ether oxygens (including phenoxy) is 1. The maximum atomic E-state index is 13.5. The van der Waals surface area contributed by atoms with Gasteiger partial charge in [-0.1, -0.05) is 11.6 Å². The van der Waals surface area contributed by atoms with E-state index in [1.807, 2.05) is 36.1 Å². The summed E-state index contributed by atoms with van der Waals surface area (Å²) >= 11 is 6.26. The highest BCUT2D eigenvalue weighted by molar-refractivity contribution is 6.29. The van der Waals surface area contributed by atoms with Crippen LogP contribution in [0.25, 0.3) is 33.5 Å². The van der Waals surface area contributed by atoms with Crippen LogP contribution in [0.1, 0.15) is 41.6 Å². The summed E-state index contributed by atoms with van der Waals surface area (Å²) in [6.07, 6.45) is 4.53. The van der Waals surface area contributed by atoms with Crippen LogP contribution in [0.4, 0.5) is 0 Å². The molecule has 186 valence electrons. The molecular weight excluding hydrogens is 476 g/mol. The minimum absolute atomic E-state index is 0.00450. The van der Waals surface area contributed by atoms with E-state index in [1.54, 1.807) is 7.11 Å². The summed E-state index contributed by atoms with van der Waals surface area (Å²) in [6.45, 7) is 3.65. The molecule has 3 atom stereocenters. The summed E-state index contributed by atoms with van der Waals surface area (Å²) in [6, 6.07) is 9.84. The fourth-order valence-electron chi connectivity index (χ4n) is 6.35. The van der Waals surface area contributed by atoms with Crippen LogP contribution < -0.4 is 10.5 Å². The predicted molar refractivity (Wildman–Crippen MR) is 139 cm³/mol. The molecule has 2 unspecified atom stereocenters. The van der Waals surface area contributed by atoms with E-state index in [-0.39, 0.29) is 18.0 Å². The second-order valence-corrected chi connectivity index (χ2v) is 11.1. The van der Waals surface area contributed by atoms with Crippen LogP contribution in [0.2, 0.25) is 5.15 Å². The first-order valence-electron chi connectivity index (χ1n) is 12.8. The van der Waals surface area contributed by atoms with Gasteiger partial charge in [0.1, 0.15) is 22.1 Å². The Labute approximate surface area is 214 Å². The summed E-state index contributed by atoms with van der Waals surface area (Å²) < 4.78 is 14.5. The Morgan fingerprint density at radius 3 is 2.75 bits per heavy atom. The van der Waals surface area contributed by atoms with Gasteiger partial charge in [-0.3, -0.25) is 4.79 Å². The van der Waals surface area contributed by atoms with E-state index in [0.29, 0.717) is 33.9 Å². The van der Waals surface area contributed by atoms with E-state index < -0.39 is 0 Å².